The van der Waals surface area contributed by atoms with Crippen molar-refractivity contribution in [2.75, 3.05) is 6.61 Å². The fourth-order valence-electron chi connectivity index (χ4n) is 2.48. The van der Waals surface area contributed by atoms with E-state index in [1.807, 2.05) is 35.1 Å². The summed E-state index contributed by atoms with van der Waals surface area (Å²) >= 11 is 0. The number of hydrogen-bond donors (Lipinski definition) is 2. The van der Waals surface area contributed by atoms with Gasteiger partial charge in [-0.1, -0.05) is 36.4 Å². The number of esters is 1. The van der Waals surface area contributed by atoms with Crippen molar-refractivity contribution in [2.24, 2.45) is 0 Å². The third-order valence-electron chi connectivity index (χ3n) is 3.84. The summed E-state index contributed by atoms with van der Waals surface area (Å²) in [5, 5.41) is 0.924. The molecule has 0 bridgehead atoms. The van der Waals surface area contributed by atoms with Crippen molar-refractivity contribution in [3.63, 3.8) is 0 Å². The first-order valence-electron chi connectivity index (χ1n) is 8.57. The number of benzene rings is 2. The molecular weight excluding hydrogens is 377 g/mol. The zero-order valence-electron chi connectivity index (χ0n) is 15.1. The van der Waals surface area contributed by atoms with Crippen LogP contribution in [0.15, 0.2) is 66.9 Å². The number of aromatic nitrogens is 1. The Labute approximate surface area is 165 Å². The van der Waals surface area contributed by atoms with Crippen molar-refractivity contribution in [2.45, 2.75) is 0 Å². The van der Waals surface area contributed by atoms with Crippen LogP contribution in [-0.2, 0) is 14.3 Å². The van der Waals surface area contributed by atoms with Crippen LogP contribution in [0.1, 0.15) is 15.9 Å². The molecule has 0 unspecified atom stereocenters. The normalized spacial score (nSPS) is 10.7. The molecule has 2 N–H and O–H groups in total. The number of nitrogens with one attached hydrogen (secondary N) is 2. The van der Waals surface area contributed by atoms with Gasteiger partial charge in [-0.3, -0.25) is 25.4 Å². The molecule has 0 saturated carbocycles. The molecule has 8 heteroatoms. The maximum absolute atomic E-state index is 13.5. The van der Waals surface area contributed by atoms with Crippen LogP contribution in [0.2, 0.25) is 0 Å². The Morgan fingerprint density at radius 2 is 1.79 bits per heavy atom. The average molecular weight is 393 g/mol. The summed E-state index contributed by atoms with van der Waals surface area (Å²) in [6.45, 7) is -0.617. The summed E-state index contributed by atoms with van der Waals surface area (Å²) in [5.41, 5.74) is 5.32. The van der Waals surface area contributed by atoms with Crippen molar-refractivity contribution >= 4 is 34.8 Å². The van der Waals surface area contributed by atoms with E-state index in [0.717, 1.165) is 22.5 Å². The van der Waals surface area contributed by atoms with Crippen molar-refractivity contribution in [3.8, 4) is 0 Å². The van der Waals surface area contributed by atoms with E-state index < -0.39 is 30.2 Å². The van der Waals surface area contributed by atoms with Gasteiger partial charge >= 0.3 is 5.97 Å². The highest BCUT2D eigenvalue weighted by Crippen LogP contribution is 2.17. The highest BCUT2D eigenvalue weighted by Gasteiger charge is 2.12. The Hall–Kier alpha value is -4.07. The molecule has 3 aromatic rings. The van der Waals surface area contributed by atoms with Gasteiger partial charge in [0.05, 0.1) is 11.1 Å². The maximum Gasteiger partial charge on any atom is 0.331 e. The minimum Gasteiger partial charge on any atom is -0.452 e. The number of para-hydroxylation sites is 1. The van der Waals surface area contributed by atoms with Crippen molar-refractivity contribution in [3.05, 3.63) is 83.8 Å². The molecule has 146 valence electrons. The molecule has 7 nitrogen and oxygen atoms in total. The van der Waals surface area contributed by atoms with Crippen LogP contribution in [0.4, 0.5) is 4.39 Å². The molecule has 0 aliphatic heterocycles. The van der Waals surface area contributed by atoms with Gasteiger partial charge < -0.3 is 4.74 Å². The molecule has 0 spiro atoms. The van der Waals surface area contributed by atoms with Gasteiger partial charge in [-0.25, -0.2) is 9.18 Å². The molecule has 3 rings (SSSR count). The van der Waals surface area contributed by atoms with Gasteiger partial charge in [0.2, 0.25) is 0 Å². The lowest BCUT2D eigenvalue weighted by atomic mass is 10.1. The monoisotopic (exact) mass is 393 g/mol. The third kappa shape index (κ3) is 5.23. The summed E-state index contributed by atoms with van der Waals surface area (Å²) in [5.74, 6) is -3.07. The number of halogens is 1. The van der Waals surface area contributed by atoms with Crippen molar-refractivity contribution in [1.29, 1.82) is 0 Å². The predicted octanol–water partition coefficient (Wildman–Crippen LogP) is 2.39. The van der Waals surface area contributed by atoms with Crippen LogP contribution in [0.25, 0.3) is 17.0 Å². The van der Waals surface area contributed by atoms with E-state index in [9.17, 15) is 18.8 Å². The van der Waals surface area contributed by atoms with E-state index in [0.29, 0.717) is 0 Å². The number of hydrazine groups is 1. The first-order valence-corrected chi connectivity index (χ1v) is 8.57. The molecule has 2 amide bonds. The molecule has 1 aromatic heterocycles. The van der Waals surface area contributed by atoms with Crippen LogP contribution in [0.3, 0.4) is 0 Å². The van der Waals surface area contributed by atoms with E-state index >= 15 is 0 Å². The summed E-state index contributed by atoms with van der Waals surface area (Å²) in [4.78, 5) is 39.6. The molecule has 0 fully saturated rings. The Morgan fingerprint density at radius 1 is 1.00 bits per heavy atom. The lowest BCUT2D eigenvalue weighted by Crippen LogP contribution is -2.43. The molecule has 2 aromatic carbocycles. The Bertz CT molecular complexity index is 1090. The molecular formula is C21H16FN3O4. The van der Waals surface area contributed by atoms with E-state index in [1.165, 1.54) is 30.4 Å². The lowest BCUT2D eigenvalue weighted by molar-refractivity contribution is -0.144. The first kappa shape index (κ1) is 19.7. The topological polar surface area (TPSA) is 97.4 Å². The average Bonchev–Trinajstić information content (AvgIpc) is 2.74. The second-order valence-corrected chi connectivity index (χ2v) is 5.85. The van der Waals surface area contributed by atoms with Gasteiger partial charge in [0.15, 0.2) is 6.61 Å². The van der Waals surface area contributed by atoms with Gasteiger partial charge in [-0.05, 0) is 24.3 Å². The number of fused-ring (bicyclic) bond motifs is 1. The molecule has 1 heterocycles. The number of ether oxygens (including phenoxy) is 1. The quantitative estimate of drug-likeness (QED) is 0.394. The molecule has 0 aliphatic rings. The van der Waals surface area contributed by atoms with Gasteiger partial charge in [-0.15, -0.1) is 0 Å². The fourth-order valence-corrected chi connectivity index (χ4v) is 2.48. The van der Waals surface area contributed by atoms with Gasteiger partial charge in [0, 0.05) is 23.2 Å². The zero-order chi connectivity index (χ0) is 20.6. The Kier molecular flexibility index (Phi) is 6.26. The van der Waals surface area contributed by atoms with Gasteiger partial charge in [-0.2, -0.15) is 0 Å². The van der Waals surface area contributed by atoms with Gasteiger partial charge in [0.1, 0.15) is 5.82 Å². The van der Waals surface area contributed by atoms with Crippen LogP contribution in [0.5, 0.6) is 0 Å². The Morgan fingerprint density at radius 3 is 2.62 bits per heavy atom. The second-order valence-electron chi connectivity index (χ2n) is 5.85. The lowest BCUT2D eigenvalue weighted by Gasteiger charge is -2.08. The van der Waals surface area contributed by atoms with Crippen LogP contribution in [-0.4, -0.2) is 29.4 Å². The smallest absolute Gasteiger partial charge is 0.331 e. The molecule has 0 saturated heterocycles. The summed E-state index contributed by atoms with van der Waals surface area (Å²) in [6, 6.07) is 14.6. The number of rotatable bonds is 5. The predicted molar refractivity (Wildman–Crippen MR) is 104 cm³/mol. The fraction of sp³-hybridized carbons (Fsp3) is 0.0476. The highest BCUT2D eigenvalue weighted by atomic mass is 19.1. The van der Waals surface area contributed by atoms with Gasteiger partial charge in [0.25, 0.3) is 11.8 Å². The number of carbonyl (C=O) groups excluding carboxylic acids is 3. The number of hydrogen-bond acceptors (Lipinski definition) is 5. The number of carbonyl (C=O) groups is 3. The van der Waals surface area contributed by atoms with Crippen LogP contribution >= 0.6 is 0 Å². The molecule has 29 heavy (non-hydrogen) atoms. The number of nitrogens with zero attached hydrogens (tertiary/aromatic N) is 1. The van der Waals surface area contributed by atoms with Crippen molar-refractivity contribution < 1.29 is 23.5 Å². The van der Waals surface area contributed by atoms with E-state index in [-0.39, 0.29) is 5.56 Å². The zero-order valence-corrected chi connectivity index (χ0v) is 15.1. The standard InChI is InChI=1S/C21H16FN3O4/c22-17-9-2-1-8-16(17)21(28)25-24-18(26)13-29-19(27)11-10-15-6-3-5-14-7-4-12-23-20(14)15/h1-12H,13H2,(H,24,26)(H,25,28)/b11-10+. The maximum atomic E-state index is 13.5. The highest BCUT2D eigenvalue weighted by molar-refractivity contribution is 5.96. The summed E-state index contributed by atoms with van der Waals surface area (Å²) < 4.78 is 18.3. The third-order valence-corrected chi connectivity index (χ3v) is 3.84. The largest absolute Gasteiger partial charge is 0.452 e. The summed E-state index contributed by atoms with van der Waals surface area (Å²) in [6.07, 6.45) is 4.36. The first-order chi connectivity index (χ1) is 14.0. The minimum atomic E-state index is -0.828. The molecule has 0 radical (unpaired) electrons. The van der Waals surface area contributed by atoms with Crippen molar-refractivity contribution in [1.82, 2.24) is 15.8 Å². The van der Waals surface area contributed by atoms with Crippen LogP contribution < -0.4 is 10.9 Å². The Balaban J connectivity index is 1.49. The van der Waals surface area contributed by atoms with E-state index in [2.05, 4.69) is 4.98 Å². The molecule has 0 aliphatic carbocycles. The number of amides is 2. The van der Waals surface area contributed by atoms with E-state index in [1.54, 1.807) is 12.3 Å². The number of pyridine rings is 1. The SMILES string of the molecule is O=C(COC(=O)/C=C/c1cccc2cccnc12)NNC(=O)c1ccccc1F. The summed E-state index contributed by atoms with van der Waals surface area (Å²) in [7, 11) is 0. The molecule has 0 atom stereocenters. The van der Waals surface area contributed by atoms with E-state index in [4.69, 9.17) is 4.74 Å². The van der Waals surface area contributed by atoms with Crippen LogP contribution in [0, 0.1) is 5.82 Å². The minimum absolute atomic E-state index is 0.226. The second kappa shape index (κ2) is 9.23.